The first kappa shape index (κ1) is 17.2. The molecule has 1 fully saturated rings. The zero-order valence-electron chi connectivity index (χ0n) is 14.5. The van der Waals surface area contributed by atoms with Crippen molar-refractivity contribution >= 4 is 5.57 Å². The van der Waals surface area contributed by atoms with Gasteiger partial charge < -0.3 is 10.6 Å². The molecule has 0 bridgehead atoms. The van der Waals surface area contributed by atoms with Crippen molar-refractivity contribution in [3.63, 3.8) is 0 Å². The molecular weight excluding hydrogens is 268 g/mol. The molecule has 1 aromatic rings. The van der Waals surface area contributed by atoms with Crippen LogP contribution >= 0.6 is 0 Å². The number of piperidine rings is 1. The smallest absolute Gasteiger partial charge is 0.00913 e. The van der Waals surface area contributed by atoms with Crippen molar-refractivity contribution in [3.8, 4) is 0 Å². The van der Waals surface area contributed by atoms with Crippen LogP contribution in [0.15, 0.2) is 29.8 Å². The van der Waals surface area contributed by atoms with Crippen molar-refractivity contribution in [2.45, 2.75) is 58.9 Å². The van der Waals surface area contributed by atoms with Gasteiger partial charge in [-0.15, -0.1) is 0 Å². The maximum absolute atomic E-state index is 3.75. The fraction of sp³-hybridized carbons (Fsp3) is 0.600. The van der Waals surface area contributed by atoms with Crippen LogP contribution in [0.1, 0.15) is 57.6 Å². The Hall–Kier alpha value is -1.12. The summed E-state index contributed by atoms with van der Waals surface area (Å²) in [5.41, 5.74) is 5.96. The molecule has 0 unspecified atom stereocenters. The average Bonchev–Trinajstić information content (AvgIpc) is 2.53. The second-order valence-corrected chi connectivity index (χ2v) is 6.61. The minimum atomic E-state index is 0.700. The van der Waals surface area contributed by atoms with Crippen molar-refractivity contribution in [1.29, 1.82) is 0 Å². The van der Waals surface area contributed by atoms with E-state index in [0.29, 0.717) is 6.04 Å². The van der Waals surface area contributed by atoms with Crippen molar-refractivity contribution in [2.75, 3.05) is 19.6 Å². The summed E-state index contributed by atoms with van der Waals surface area (Å²) in [6.07, 6.45) is 6.04. The summed E-state index contributed by atoms with van der Waals surface area (Å²) in [5, 5.41) is 7.18. The van der Waals surface area contributed by atoms with E-state index >= 15 is 0 Å². The van der Waals surface area contributed by atoms with Crippen LogP contribution in [0, 0.1) is 0 Å². The summed E-state index contributed by atoms with van der Waals surface area (Å²) < 4.78 is 0. The Morgan fingerprint density at radius 1 is 1.18 bits per heavy atom. The molecule has 2 rings (SSSR count). The van der Waals surface area contributed by atoms with E-state index in [1.807, 2.05) is 0 Å². The lowest BCUT2D eigenvalue weighted by Gasteiger charge is -2.24. The number of hydrogen-bond acceptors (Lipinski definition) is 2. The van der Waals surface area contributed by atoms with Gasteiger partial charge in [-0.25, -0.2) is 0 Å². The van der Waals surface area contributed by atoms with Gasteiger partial charge in [-0.1, -0.05) is 43.2 Å². The second-order valence-electron chi connectivity index (χ2n) is 6.61. The van der Waals surface area contributed by atoms with Gasteiger partial charge in [0, 0.05) is 6.04 Å². The zero-order chi connectivity index (χ0) is 15.8. The van der Waals surface area contributed by atoms with Crippen molar-refractivity contribution < 1.29 is 0 Å². The second kappa shape index (κ2) is 9.12. The minimum absolute atomic E-state index is 0.700. The highest BCUT2D eigenvalue weighted by Crippen LogP contribution is 2.26. The normalized spacial score (nSPS) is 15.8. The lowest BCUT2D eigenvalue weighted by Crippen LogP contribution is -2.40. The predicted molar refractivity (Wildman–Crippen MR) is 97.2 cm³/mol. The molecule has 1 aliphatic heterocycles. The molecule has 0 spiro atoms. The Kier molecular flexibility index (Phi) is 7.14. The lowest BCUT2D eigenvalue weighted by atomic mass is 9.92. The number of benzene rings is 1. The predicted octanol–water partition coefficient (Wildman–Crippen LogP) is 4.16. The molecule has 2 heteroatoms. The van der Waals surface area contributed by atoms with Crippen LogP contribution in [0.5, 0.6) is 0 Å². The third-order valence-electron chi connectivity index (χ3n) is 4.61. The van der Waals surface area contributed by atoms with Gasteiger partial charge in [-0.3, -0.25) is 0 Å². The molecule has 22 heavy (non-hydrogen) atoms. The highest BCUT2D eigenvalue weighted by atomic mass is 15.0. The zero-order valence-corrected chi connectivity index (χ0v) is 14.5. The van der Waals surface area contributed by atoms with E-state index < -0.39 is 0 Å². The van der Waals surface area contributed by atoms with Crippen LogP contribution in [-0.4, -0.2) is 25.7 Å². The van der Waals surface area contributed by atoms with Gasteiger partial charge in [-0.05, 0) is 75.9 Å². The van der Waals surface area contributed by atoms with Crippen molar-refractivity contribution in [1.82, 2.24) is 10.6 Å². The highest BCUT2D eigenvalue weighted by Gasteiger charge is 2.13. The fourth-order valence-electron chi connectivity index (χ4n) is 3.38. The summed E-state index contributed by atoms with van der Waals surface area (Å²) in [4.78, 5) is 0. The van der Waals surface area contributed by atoms with Gasteiger partial charge in [0.25, 0.3) is 0 Å². The minimum Gasteiger partial charge on any atom is -0.317 e. The Morgan fingerprint density at radius 3 is 2.59 bits per heavy atom. The van der Waals surface area contributed by atoms with Crippen molar-refractivity contribution in [2.24, 2.45) is 0 Å². The summed E-state index contributed by atoms with van der Waals surface area (Å²) in [6.45, 7) is 10.2. The number of aryl methyl sites for hydroxylation is 1. The van der Waals surface area contributed by atoms with E-state index in [1.54, 1.807) is 0 Å². The van der Waals surface area contributed by atoms with Crippen LogP contribution < -0.4 is 10.6 Å². The molecule has 1 heterocycles. The number of rotatable bonds is 7. The van der Waals surface area contributed by atoms with Gasteiger partial charge in [0.15, 0.2) is 0 Å². The van der Waals surface area contributed by atoms with Crippen LogP contribution in [0.25, 0.3) is 5.57 Å². The summed E-state index contributed by atoms with van der Waals surface area (Å²) in [6, 6.07) is 9.65. The van der Waals surface area contributed by atoms with E-state index in [2.05, 4.69) is 55.7 Å². The van der Waals surface area contributed by atoms with Gasteiger partial charge >= 0.3 is 0 Å². The first-order chi connectivity index (χ1) is 10.7. The van der Waals surface area contributed by atoms with E-state index in [1.165, 1.54) is 48.0 Å². The summed E-state index contributed by atoms with van der Waals surface area (Å²) in [7, 11) is 0. The molecule has 2 nitrogen and oxygen atoms in total. The Bertz CT molecular complexity index is 480. The van der Waals surface area contributed by atoms with E-state index in [9.17, 15) is 0 Å². The van der Waals surface area contributed by atoms with Gasteiger partial charge in [0.1, 0.15) is 0 Å². The molecule has 1 aliphatic rings. The molecule has 0 saturated carbocycles. The van der Waals surface area contributed by atoms with Crippen LogP contribution in [-0.2, 0) is 6.42 Å². The standard InChI is InChI=1S/C20H32N2/c1-4-7-17-8-5-6-9-20(17)19(16(2)3)12-15-22-18-10-13-21-14-11-18/h5-6,8-9,18,21-22H,4,7,10-15H2,1-3H3. The highest BCUT2D eigenvalue weighted by molar-refractivity contribution is 5.70. The van der Waals surface area contributed by atoms with E-state index in [0.717, 1.165) is 26.1 Å². The maximum atomic E-state index is 3.75. The van der Waals surface area contributed by atoms with E-state index in [-0.39, 0.29) is 0 Å². The molecule has 1 saturated heterocycles. The van der Waals surface area contributed by atoms with E-state index in [4.69, 9.17) is 0 Å². The molecular formula is C20H32N2. The summed E-state index contributed by atoms with van der Waals surface area (Å²) >= 11 is 0. The summed E-state index contributed by atoms with van der Waals surface area (Å²) in [5.74, 6) is 0. The fourth-order valence-corrected chi connectivity index (χ4v) is 3.38. The first-order valence-electron chi connectivity index (χ1n) is 8.91. The largest absolute Gasteiger partial charge is 0.317 e. The number of nitrogens with one attached hydrogen (secondary N) is 2. The van der Waals surface area contributed by atoms with Crippen LogP contribution in [0.4, 0.5) is 0 Å². The monoisotopic (exact) mass is 300 g/mol. The first-order valence-corrected chi connectivity index (χ1v) is 8.91. The molecule has 0 atom stereocenters. The average molecular weight is 300 g/mol. The third-order valence-corrected chi connectivity index (χ3v) is 4.61. The maximum Gasteiger partial charge on any atom is 0.00913 e. The SMILES string of the molecule is CCCc1ccccc1C(CCNC1CCNCC1)=C(C)C. The quantitative estimate of drug-likeness (QED) is 0.790. The van der Waals surface area contributed by atoms with Gasteiger partial charge in [-0.2, -0.15) is 0 Å². The van der Waals surface area contributed by atoms with Crippen LogP contribution in [0.2, 0.25) is 0 Å². The van der Waals surface area contributed by atoms with Gasteiger partial charge in [0.05, 0.1) is 0 Å². The molecule has 1 aromatic carbocycles. The van der Waals surface area contributed by atoms with Gasteiger partial charge in [0.2, 0.25) is 0 Å². The Morgan fingerprint density at radius 2 is 1.91 bits per heavy atom. The molecule has 0 radical (unpaired) electrons. The number of hydrogen-bond donors (Lipinski definition) is 2. The molecule has 0 amide bonds. The molecule has 0 aliphatic carbocycles. The lowest BCUT2D eigenvalue weighted by molar-refractivity contribution is 0.391. The molecule has 2 N–H and O–H groups in total. The van der Waals surface area contributed by atoms with Crippen LogP contribution in [0.3, 0.4) is 0 Å². The molecule has 122 valence electrons. The van der Waals surface area contributed by atoms with Crippen molar-refractivity contribution in [3.05, 3.63) is 41.0 Å². The third kappa shape index (κ3) is 4.96. The Labute approximate surface area is 136 Å². The Balaban J connectivity index is 2.00. The topological polar surface area (TPSA) is 24.1 Å². The number of allylic oxidation sites excluding steroid dienone is 1. The molecule has 0 aromatic heterocycles.